The van der Waals surface area contributed by atoms with Crippen molar-refractivity contribution in [2.75, 3.05) is 0 Å². The number of rotatable bonds is 3. The van der Waals surface area contributed by atoms with Crippen molar-refractivity contribution in [2.45, 2.75) is 32.6 Å². The van der Waals surface area contributed by atoms with E-state index in [1.54, 1.807) is 0 Å². The molecule has 0 aliphatic heterocycles. The summed E-state index contributed by atoms with van der Waals surface area (Å²) in [6.45, 7) is 4.11. The average molecular weight is 200 g/mol. The molecule has 78 valence electrons. The summed E-state index contributed by atoms with van der Waals surface area (Å²) in [5.41, 5.74) is 3.59. The van der Waals surface area contributed by atoms with Crippen molar-refractivity contribution in [3.63, 3.8) is 0 Å². The lowest BCUT2D eigenvalue weighted by molar-refractivity contribution is -0.119. The Labute approximate surface area is 90.8 Å². The number of allylic oxidation sites excluding steroid dienone is 1. The zero-order valence-electron chi connectivity index (χ0n) is 9.29. The number of hydrogen-bond donors (Lipinski definition) is 0. The van der Waals surface area contributed by atoms with Gasteiger partial charge in [0.05, 0.1) is 5.92 Å². The van der Waals surface area contributed by atoms with E-state index >= 15 is 0 Å². The fourth-order valence-electron chi connectivity index (χ4n) is 2.30. The van der Waals surface area contributed by atoms with E-state index in [1.807, 2.05) is 12.1 Å². The van der Waals surface area contributed by atoms with Crippen molar-refractivity contribution < 1.29 is 4.79 Å². The molecule has 15 heavy (non-hydrogen) atoms. The molecule has 0 amide bonds. The van der Waals surface area contributed by atoms with E-state index in [1.165, 1.54) is 16.7 Å². The SMILES string of the molecule is CCCC(=O)C1C(C)=Cc2ccccc21. The van der Waals surface area contributed by atoms with E-state index in [0.717, 1.165) is 6.42 Å². The van der Waals surface area contributed by atoms with Crippen molar-refractivity contribution in [3.05, 3.63) is 41.0 Å². The molecule has 0 fully saturated rings. The summed E-state index contributed by atoms with van der Waals surface area (Å²) in [6, 6.07) is 8.19. The van der Waals surface area contributed by atoms with Crippen molar-refractivity contribution >= 4 is 11.9 Å². The maximum absolute atomic E-state index is 12.0. The first-order valence-electron chi connectivity index (χ1n) is 5.54. The molecule has 0 aromatic heterocycles. The smallest absolute Gasteiger partial charge is 0.144 e. The van der Waals surface area contributed by atoms with Crippen LogP contribution in [-0.2, 0) is 4.79 Å². The summed E-state index contributed by atoms with van der Waals surface area (Å²) in [5, 5.41) is 0. The Balaban J connectivity index is 2.35. The Bertz CT molecular complexity index is 415. The molecule has 1 aromatic carbocycles. The molecule has 1 unspecified atom stereocenters. The Morgan fingerprint density at radius 1 is 1.33 bits per heavy atom. The molecule has 1 aromatic rings. The highest BCUT2D eigenvalue weighted by atomic mass is 16.1. The third kappa shape index (κ3) is 1.74. The minimum absolute atomic E-state index is 0.0288. The van der Waals surface area contributed by atoms with E-state index in [0.29, 0.717) is 12.2 Å². The topological polar surface area (TPSA) is 17.1 Å². The predicted octanol–water partition coefficient (Wildman–Crippen LogP) is 3.56. The molecule has 0 spiro atoms. The minimum Gasteiger partial charge on any atom is -0.299 e. The molecule has 0 N–H and O–H groups in total. The number of benzene rings is 1. The van der Waals surface area contributed by atoms with Gasteiger partial charge in [0.25, 0.3) is 0 Å². The van der Waals surface area contributed by atoms with Crippen LogP contribution >= 0.6 is 0 Å². The summed E-state index contributed by atoms with van der Waals surface area (Å²) in [5.74, 6) is 0.386. The van der Waals surface area contributed by atoms with Crippen LogP contribution < -0.4 is 0 Å². The van der Waals surface area contributed by atoms with Gasteiger partial charge in [-0.3, -0.25) is 4.79 Å². The van der Waals surface area contributed by atoms with E-state index in [-0.39, 0.29) is 5.92 Å². The van der Waals surface area contributed by atoms with E-state index < -0.39 is 0 Å². The molecular formula is C14H16O. The standard InChI is InChI=1S/C14H16O/c1-3-6-13(15)14-10(2)9-11-7-4-5-8-12(11)14/h4-5,7-9,14H,3,6H2,1-2H3. The van der Waals surface area contributed by atoms with E-state index in [9.17, 15) is 4.79 Å². The van der Waals surface area contributed by atoms with Gasteiger partial charge in [0, 0.05) is 6.42 Å². The van der Waals surface area contributed by atoms with E-state index in [4.69, 9.17) is 0 Å². The number of fused-ring (bicyclic) bond motifs is 1. The minimum atomic E-state index is 0.0288. The third-order valence-corrected chi connectivity index (χ3v) is 2.96. The van der Waals surface area contributed by atoms with Crippen molar-refractivity contribution in [2.24, 2.45) is 0 Å². The number of carbonyl (C=O) groups is 1. The van der Waals surface area contributed by atoms with Gasteiger partial charge in [-0.2, -0.15) is 0 Å². The highest BCUT2D eigenvalue weighted by Gasteiger charge is 2.27. The quantitative estimate of drug-likeness (QED) is 0.729. The van der Waals surface area contributed by atoms with Gasteiger partial charge in [0.2, 0.25) is 0 Å². The summed E-state index contributed by atoms with van der Waals surface area (Å²) >= 11 is 0. The number of carbonyl (C=O) groups excluding carboxylic acids is 1. The van der Waals surface area contributed by atoms with Crippen LogP contribution in [0.5, 0.6) is 0 Å². The van der Waals surface area contributed by atoms with Crippen LogP contribution in [0.1, 0.15) is 43.7 Å². The lowest BCUT2D eigenvalue weighted by atomic mass is 9.90. The van der Waals surface area contributed by atoms with E-state index in [2.05, 4.69) is 32.1 Å². The first kappa shape index (κ1) is 10.2. The first-order chi connectivity index (χ1) is 7.24. The molecule has 1 aliphatic carbocycles. The molecule has 0 radical (unpaired) electrons. The lowest BCUT2D eigenvalue weighted by Crippen LogP contribution is -2.11. The molecule has 0 saturated heterocycles. The highest BCUT2D eigenvalue weighted by Crippen LogP contribution is 2.37. The number of Topliss-reactive ketones (excluding diaryl/α,β-unsaturated/α-hetero) is 1. The van der Waals surface area contributed by atoms with Crippen LogP contribution in [0.25, 0.3) is 6.08 Å². The molecule has 0 saturated carbocycles. The van der Waals surface area contributed by atoms with Crippen LogP contribution in [0.4, 0.5) is 0 Å². The maximum Gasteiger partial charge on any atom is 0.144 e. The second kappa shape index (κ2) is 4.01. The summed E-state index contributed by atoms with van der Waals surface area (Å²) in [4.78, 5) is 12.0. The van der Waals surface area contributed by atoms with Gasteiger partial charge in [0.1, 0.15) is 5.78 Å². The predicted molar refractivity (Wildman–Crippen MR) is 62.7 cm³/mol. The van der Waals surface area contributed by atoms with Crippen LogP contribution in [0, 0.1) is 0 Å². The zero-order chi connectivity index (χ0) is 10.8. The summed E-state index contributed by atoms with van der Waals surface area (Å²) < 4.78 is 0. The summed E-state index contributed by atoms with van der Waals surface area (Å²) in [7, 11) is 0. The fourth-order valence-corrected chi connectivity index (χ4v) is 2.30. The van der Waals surface area contributed by atoms with Crippen LogP contribution in [0.2, 0.25) is 0 Å². The Hall–Kier alpha value is -1.37. The van der Waals surface area contributed by atoms with Crippen LogP contribution in [-0.4, -0.2) is 5.78 Å². The molecule has 0 bridgehead atoms. The van der Waals surface area contributed by atoms with Gasteiger partial charge in [-0.1, -0.05) is 42.8 Å². The molecule has 1 atom stereocenters. The largest absolute Gasteiger partial charge is 0.299 e. The van der Waals surface area contributed by atoms with Crippen molar-refractivity contribution in [1.82, 2.24) is 0 Å². The monoisotopic (exact) mass is 200 g/mol. The molecule has 1 aliphatic rings. The second-order valence-corrected chi connectivity index (χ2v) is 4.17. The van der Waals surface area contributed by atoms with Crippen molar-refractivity contribution in [3.8, 4) is 0 Å². The number of ketones is 1. The van der Waals surface area contributed by atoms with Crippen molar-refractivity contribution in [1.29, 1.82) is 0 Å². The van der Waals surface area contributed by atoms with Crippen LogP contribution in [0.15, 0.2) is 29.8 Å². The third-order valence-electron chi connectivity index (χ3n) is 2.96. The normalized spacial score (nSPS) is 18.5. The van der Waals surface area contributed by atoms with Gasteiger partial charge < -0.3 is 0 Å². The fraction of sp³-hybridized carbons (Fsp3) is 0.357. The van der Waals surface area contributed by atoms with Crippen LogP contribution in [0.3, 0.4) is 0 Å². The average Bonchev–Trinajstić information content (AvgIpc) is 2.54. The molecule has 2 rings (SSSR count). The maximum atomic E-state index is 12.0. The second-order valence-electron chi connectivity index (χ2n) is 4.17. The molecule has 0 heterocycles. The van der Waals surface area contributed by atoms with Gasteiger partial charge >= 0.3 is 0 Å². The summed E-state index contributed by atoms with van der Waals surface area (Å²) in [6.07, 6.45) is 3.75. The van der Waals surface area contributed by atoms with Gasteiger partial charge in [-0.25, -0.2) is 0 Å². The number of hydrogen-bond acceptors (Lipinski definition) is 1. The lowest BCUT2D eigenvalue weighted by Gasteiger charge is -2.12. The zero-order valence-corrected chi connectivity index (χ0v) is 9.29. The molecule has 1 nitrogen and oxygen atoms in total. The van der Waals surface area contributed by atoms with Gasteiger partial charge in [0.15, 0.2) is 0 Å². The Morgan fingerprint density at radius 3 is 2.80 bits per heavy atom. The first-order valence-corrected chi connectivity index (χ1v) is 5.54. The van der Waals surface area contributed by atoms with Gasteiger partial charge in [-0.05, 0) is 24.5 Å². The molecular weight excluding hydrogens is 184 g/mol. The Kier molecular flexibility index (Phi) is 2.72. The van der Waals surface area contributed by atoms with Gasteiger partial charge in [-0.15, -0.1) is 0 Å². The highest BCUT2D eigenvalue weighted by molar-refractivity contribution is 5.93. The molecule has 1 heteroatoms. The Morgan fingerprint density at radius 2 is 2.07 bits per heavy atom.